The Labute approximate surface area is 175 Å². The molecule has 6 nitrogen and oxygen atoms in total. The second kappa shape index (κ2) is 9.42. The molecule has 0 bridgehead atoms. The van der Waals surface area contributed by atoms with Crippen LogP contribution >= 0.6 is 0 Å². The fourth-order valence-corrected chi connectivity index (χ4v) is 3.65. The second-order valence-electron chi connectivity index (χ2n) is 9.14. The third-order valence-corrected chi connectivity index (χ3v) is 5.78. The van der Waals surface area contributed by atoms with E-state index in [0.29, 0.717) is 12.6 Å². The minimum absolute atomic E-state index is 0.194. The summed E-state index contributed by atoms with van der Waals surface area (Å²) in [5.41, 5.74) is 2.91. The smallest absolute Gasteiger partial charge is 0.191 e. The summed E-state index contributed by atoms with van der Waals surface area (Å²) in [6.45, 7) is 10.1. The van der Waals surface area contributed by atoms with Gasteiger partial charge in [-0.15, -0.1) is 10.2 Å². The Balaban J connectivity index is 1.58. The maximum Gasteiger partial charge on any atom is 0.191 e. The van der Waals surface area contributed by atoms with Crippen molar-refractivity contribution in [2.45, 2.75) is 77.8 Å². The quantitative estimate of drug-likeness (QED) is 0.578. The highest BCUT2D eigenvalue weighted by molar-refractivity contribution is 5.80. The van der Waals surface area contributed by atoms with Crippen molar-refractivity contribution in [3.05, 3.63) is 47.0 Å². The highest BCUT2D eigenvalue weighted by atomic mass is 15.3. The molecule has 1 aliphatic rings. The van der Waals surface area contributed by atoms with Gasteiger partial charge in [-0.1, -0.05) is 57.9 Å². The molecule has 1 aromatic carbocycles. The van der Waals surface area contributed by atoms with Gasteiger partial charge in [-0.25, -0.2) is 4.99 Å². The standard InChI is InChI=1S/C23H36N6/c1-17-27-28-21(29(17)5)16-25-22(26-20-8-6-7-9-20)24-15-14-18-10-12-19(13-11-18)23(2,3)4/h10-13,20H,6-9,14-16H2,1-5H3,(H2,24,25,26). The van der Waals surface area contributed by atoms with Crippen LogP contribution in [0.25, 0.3) is 0 Å². The Bertz CT molecular complexity index is 807. The normalized spacial score (nSPS) is 15.7. The largest absolute Gasteiger partial charge is 0.356 e. The molecule has 3 rings (SSSR count). The average molecular weight is 397 g/mol. The third-order valence-electron chi connectivity index (χ3n) is 5.78. The van der Waals surface area contributed by atoms with Crippen LogP contribution in [-0.2, 0) is 25.4 Å². The number of hydrogen-bond acceptors (Lipinski definition) is 3. The molecule has 0 aliphatic heterocycles. The van der Waals surface area contributed by atoms with Crippen molar-refractivity contribution in [2.24, 2.45) is 12.0 Å². The van der Waals surface area contributed by atoms with E-state index in [4.69, 9.17) is 4.99 Å². The molecule has 1 aromatic heterocycles. The van der Waals surface area contributed by atoms with Crippen molar-refractivity contribution in [2.75, 3.05) is 6.54 Å². The molecule has 2 aromatic rings. The minimum Gasteiger partial charge on any atom is -0.356 e. The second-order valence-corrected chi connectivity index (χ2v) is 9.14. The minimum atomic E-state index is 0.194. The number of hydrogen-bond donors (Lipinski definition) is 2. The molecule has 0 atom stereocenters. The lowest BCUT2D eigenvalue weighted by atomic mass is 9.86. The molecule has 1 saturated carbocycles. The van der Waals surface area contributed by atoms with Crippen LogP contribution in [0.2, 0.25) is 0 Å². The van der Waals surface area contributed by atoms with E-state index in [9.17, 15) is 0 Å². The Morgan fingerprint density at radius 3 is 2.41 bits per heavy atom. The highest BCUT2D eigenvalue weighted by Gasteiger charge is 2.16. The fraction of sp³-hybridized carbons (Fsp3) is 0.609. The highest BCUT2D eigenvalue weighted by Crippen LogP contribution is 2.22. The number of nitrogens with one attached hydrogen (secondary N) is 2. The van der Waals surface area contributed by atoms with Crippen molar-refractivity contribution in [1.29, 1.82) is 0 Å². The van der Waals surface area contributed by atoms with Crippen LogP contribution in [0.5, 0.6) is 0 Å². The van der Waals surface area contributed by atoms with E-state index in [1.165, 1.54) is 36.8 Å². The predicted octanol–water partition coefficient (Wildman–Crippen LogP) is 3.64. The topological polar surface area (TPSA) is 67.1 Å². The van der Waals surface area contributed by atoms with E-state index in [-0.39, 0.29) is 5.41 Å². The molecule has 6 heteroatoms. The number of guanidine groups is 1. The Kier molecular flexibility index (Phi) is 6.93. The first-order valence-corrected chi connectivity index (χ1v) is 10.8. The molecule has 0 saturated heterocycles. The molecular weight excluding hydrogens is 360 g/mol. The van der Waals surface area contributed by atoms with Gasteiger partial charge in [-0.3, -0.25) is 0 Å². The van der Waals surface area contributed by atoms with Crippen LogP contribution in [0.1, 0.15) is 69.2 Å². The van der Waals surface area contributed by atoms with Crippen molar-refractivity contribution in [3.8, 4) is 0 Å². The van der Waals surface area contributed by atoms with E-state index < -0.39 is 0 Å². The van der Waals surface area contributed by atoms with Gasteiger partial charge >= 0.3 is 0 Å². The summed E-state index contributed by atoms with van der Waals surface area (Å²) < 4.78 is 1.99. The van der Waals surface area contributed by atoms with Gasteiger partial charge in [0.1, 0.15) is 12.4 Å². The average Bonchev–Trinajstić information content (AvgIpc) is 3.30. The van der Waals surface area contributed by atoms with Gasteiger partial charge in [0.05, 0.1) is 0 Å². The molecule has 158 valence electrons. The van der Waals surface area contributed by atoms with Crippen molar-refractivity contribution >= 4 is 5.96 Å². The van der Waals surface area contributed by atoms with Crippen molar-refractivity contribution in [1.82, 2.24) is 25.4 Å². The number of aryl methyl sites for hydroxylation is 1. The summed E-state index contributed by atoms with van der Waals surface area (Å²) in [5.74, 6) is 2.67. The maximum absolute atomic E-state index is 4.78. The zero-order chi connectivity index (χ0) is 20.9. The number of nitrogens with zero attached hydrogens (tertiary/aromatic N) is 4. The zero-order valence-corrected chi connectivity index (χ0v) is 18.6. The number of aliphatic imine (C=N–C) groups is 1. The summed E-state index contributed by atoms with van der Waals surface area (Å²) in [6, 6.07) is 9.50. The molecule has 1 aliphatic carbocycles. The van der Waals surface area contributed by atoms with Gasteiger partial charge in [0.2, 0.25) is 0 Å². The molecule has 0 spiro atoms. The Hall–Kier alpha value is -2.37. The lowest BCUT2D eigenvalue weighted by Crippen LogP contribution is -2.43. The lowest BCUT2D eigenvalue weighted by Gasteiger charge is -2.19. The molecule has 2 N–H and O–H groups in total. The fourth-order valence-electron chi connectivity index (χ4n) is 3.65. The third kappa shape index (κ3) is 6.05. The predicted molar refractivity (Wildman–Crippen MR) is 119 cm³/mol. The van der Waals surface area contributed by atoms with Gasteiger partial charge < -0.3 is 15.2 Å². The van der Waals surface area contributed by atoms with Gasteiger partial charge in [-0.05, 0) is 42.7 Å². The molecule has 0 amide bonds. The van der Waals surface area contributed by atoms with Gasteiger partial charge in [0.15, 0.2) is 11.8 Å². The SMILES string of the molecule is Cc1nnc(CN=C(NCCc2ccc(C(C)(C)C)cc2)NC2CCCC2)n1C. The summed E-state index contributed by atoms with van der Waals surface area (Å²) in [7, 11) is 1.99. The maximum atomic E-state index is 4.78. The molecular formula is C23H36N6. The summed E-state index contributed by atoms with van der Waals surface area (Å²) in [6.07, 6.45) is 6.01. The monoisotopic (exact) mass is 396 g/mol. The van der Waals surface area contributed by atoms with Crippen LogP contribution in [-0.4, -0.2) is 33.3 Å². The van der Waals surface area contributed by atoms with E-state index in [0.717, 1.165) is 30.6 Å². The van der Waals surface area contributed by atoms with Crippen LogP contribution in [0.4, 0.5) is 0 Å². The first kappa shape index (κ1) is 21.3. The van der Waals surface area contributed by atoms with E-state index >= 15 is 0 Å². The first-order chi connectivity index (χ1) is 13.8. The zero-order valence-electron chi connectivity index (χ0n) is 18.6. The Morgan fingerprint density at radius 2 is 1.83 bits per heavy atom. The van der Waals surface area contributed by atoms with Gasteiger partial charge in [0.25, 0.3) is 0 Å². The van der Waals surface area contributed by atoms with Crippen LogP contribution in [0.15, 0.2) is 29.3 Å². The Morgan fingerprint density at radius 1 is 1.14 bits per heavy atom. The number of rotatable bonds is 6. The van der Waals surface area contributed by atoms with Crippen LogP contribution < -0.4 is 10.6 Å². The van der Waals surface area contributed by atoms with Crippen molar-refractivity contribution in [3.63, 3.8) is 0 Å². The van der Waals surface area contributed by atoms with Gasteiger partial charge in [0, 0.05) is 19.6 Å². The first-order valence-electron chi connectivity index (χ1n) is 10.8. The number of aromatic nitrogens is 3. The van der Waals surface area contributed by atoms with E-state index in [1.807, 2.05) is 18.5 Å². The van der Waals surface area contributed by atoms with Crippen LogP contribution in [0.3, 0.4) is 0 Å². The van der Waals surface area contributed by atoms with Crippen molar-refractivity contribution < 1.29 is 0 Å². The van der Waals surface area contributed by atoms with Crippen LogP contribution in [0, 0.1) is 6.92 Å². The molecule has 29 heavy (non-hydrogen) atoms. The van der Waals surface area contributed by atoms with Gasteiger partial charge in [-0.2, -0.15) is 0 Å². The lowest BCUT2D eigenvalue weighted by molar-refractivity contribution is 0.590. The molecule has 1 fully saturated rings. The molecule has 0 radical (unpaired) electrons. The van der Waals surface area contributed by atoms with E-state index in [1.54, 1.807) is 0 Å². The summed E-state index contributed by atoms with van der Waals surface area (Å²) >= 11 is 0. The summed E-state index contributed by atoms with van der Waals surface area (Å²) in [4.78, 5) is 4.78. The number of benzene rings is 1. The van der Waals surface area contributed by atoms with E-state index in [2.05, 4.69) is 65.9 Å². The molecule has 0 unspecified atom stereocenters. The molecule has 1 heterocycles. The summed E-state index contributed by atoms with van der Waals surface area (Å²) in [5, 5.41) is 15.5.